The molecule has 1 N–H and O–H groups in total. The zero-order valence-corrected chi connectivity index (χ0v) is 18.5. The molecule has 8 heteroatoms. The number of benzene rings is 1. The van der Waals surface area contributed by atoms with Crippen molar-refractivity contribution in [2.75, 3.05) is 13.1 Å². The number of rotatable bonds is 5. The van der Waals surface area contributed by atoms with E-state index in [1.165, 1.54) is 12.1 Å². The molecule has 1 aliphatic heterocycles. The fourth-order valence-corrected chi connectivity index (χ4v) is 3.82. The van der Waals surface area contributed by atoms with E-state index >= 15 is 0 Å². The van der Waals surface area contributed by atoms with E-state index in [1.807, 2.05) is 26.8 Å². The summed E-state index contributed by atoms with van der Waals surface area (Å²) in [4.78, 5) is 31.8. The molecule has 1 saturated heterocycles. The number of piperidine rings is 1. The minimum Gasteiger partial charge on any atom is -0.350 e. The lowest BCUT2D eigenvalue weighted by Gasteiger charge is -2.32. The predicted molar refractivity (Wildman–Crippen MR) is 116 cm³/mol. The Bertz CT molecular complexity index is 965. The van der Waals surface area contributed by atoms with Crippen molar-refractivity contribution in [3.63, 3.8) is 0 Å². The van der Waals surface area contributed by atoms with Gasteiger partial charge in [0.15, 0.2) is 0 Å². The van der Waals surface area contributed by atoms with Gasteiger partial charge in [0.2, 0.25) is 0 Å². The normalized spacial score (nSPS) is 16.0. The van der Waals surface area contributed by atoms with Crippen molar-refractivity contribution in [3.05, 3.63) is 64.5 Å². The van der Waals surface area contributed by atoms with E-state index in [9.17, 15) is 22.8 Å². The average molecular weight is 448 g/mol. The zero-order chi connectivity index (χ0) is 23.5. The molecule has 0 saturated carbocycles. The Balaban J connectivity index is 1.70. The van der Waals surface area contributed by atoms with Crippen LogP contribution in [0.25, 0.3) is 0 Å². The van der Waals surface area contributed by atoms with Crippen LogP contribution in [0, 0.1) is 6.92 Å². The number of carbonyl (C=O) groups is 2. The molecule has 32 heavy (non-hydrogen) atoms. The summed E-state index contributed by atoms with van der Waals surface area (Å²) in [5, 5.41) is 2.98. The van der Waals surface area contributed by atoms with Crippen LogP contribution in [0.15, 0.2) is 36.4 Å². The van der Waals surface area contributed by atoms with Gasteiger partial charge in [-0.1, -0.05) is 6.92 Å². The molecular formula is C24H28F3N3O2. The Hall–Kier alpha value is -2.90. The third kappa shape index (κ3) is 5.47. The second kappa shape index (κ2) is 9.71. The molecule has 1 aromatic heterocycles. The van der Waals surface area contributed by atoms with E-state index in [0.29, 0.717) is 31.5 Å². The van der Waals surface area contributed by atoms with Crippen molar-refractivity contribution in [3.8, 4) is 0 Å². The number of aryl methyl sites for hydroxylation is 1. The van der Waals surface area contributed by atoms with E-state index in [-0.39, 0.29) is 29.3 Å². The number of nitrogens with one attached hydrogen (secondary N) is 1. The van der Waals surface area contributed by atoms with E-state index in [1.54, 1.807) is 11.0 Å². The Morgan fingerprint density at radius 1 is 1.12 bits per heavy atom. The quantitative estimate of drug-likeness (QED) is 0.705. The van der Waals surface area contributed by atoms with E-state index in [2.05, 4.69) is 10.3 Å². The number of carbonyl (C=O) groups excluding carboxylic acids is 2. The molecule has 2 aromatic rings. The molecule has 1 aromatic carbocycles. The van der Waals surface area contributed by atoms with Gasteiger partial charge in [0.25, 0.3) is 11.8 Å². The molecule has 1 atom stereocenters. The number of hydrogen-bond donors (Lipinski definition) is 1. The van der Waals surface area contributed by atoms with Crippen LogP contribution in [0.3, 0.4) is 0 Å². The molecule has 1 fully saturated rings. The third-order valence-electron chi connectivity index (χ3n) is 5.93. The van der Waals surface area contributed by atoms with Crippen LogP contribution in [0.1, 0.15) is 76.7 Å². The summed E-state index contributed by atoms with van der Waals surface area (Å²) in [7, 11) is 0. The first kappa shape index (κ1) is 23.8. The van der Waals surface area contributed by atoms with Gasteiger partial charge in [-0.2, -0.15) is 13.2 Å². The van der Waals surface area contributed by atoms with Gasteiger partial charge in [-0.3, -0.25) is 14.6 Å². The maximum absolute atomic E-state index is 12.8. The van der Waals surface area contributed by atoms with Crippen LogP contribution in [0.5, 0.6) is 0 Å². The van der Waals surface area contributed by atoms with Crippen molar-refractivity contribution >= 4 is 11.8 Å². The third-order valence-corrected chi connectivity index (χ3v) is 5.93. The van der Waals surface area contributed by atoms with Crippen LogP contribution >= 0.6 is 0 Å². The molecule has 0 radical (unpaired) electrons. The molecule has 2 heterocycles. The summed E-state index contributed by atoms with van der Waals surface area (Å²) in [6, 6.07) is 7.97. The lowest BCUT2D eigenvalue weighted by Crippen LogP contribution is -2.39. The van der Waals surface area contributed by atoms with Crippen LogP contribution in [-0.4, -0.2) is 40.8 Å². The molecule has 2 amide bonds. The first-order valence-electron chi connectivity index (χ1n) is 10.8. The van der Waals surface area contributed by atoms with Crippen molar-refractivity contribution < 1.29 is 22.8 Å². The van der Waals surface area contributed by atoms with Crippen LogP contribution in [0.4, 0.5) is 13.2 Å². The van der Waals surface area contributed by atoms with Gasteiger partial charge in [-0.25, -0.2) is 0 Å². The largest absolute Gasteiger partial charge is 0.416 e. The Labute approximate surface area is 186 Å². The van der Waals surface area contributed by atoms with Crippen LogP contribution in [0.2, 0.25) is 0 Å². The molecule has 3 rings (SSSR count). The summed E-state index contributed by atoms with van der Waals surface area (Å²) in [5.41, 5.74) is 1.58. The number of halogens is 3. The number of likely N-dealkylation sites (tertiary alicyclic amines) is 1. The lowest BCUT2D eigenvalue weighted by atomic mass is 9.89. The molecule has 0 spiro atoms. The molecule has 0 unspecified atom stereocenters. The first-order valence-corrected chi connectivity index (χ1v) is 10.8. The fourth-order valence-electron chi connectivity index (χ4n) is 3.82. The lowest BCUT2D eigenvalue weighted by molar-refractivity contribution is -0.137. The molecule has 5 nitrogen and oxygen atoms in total. The van der Waals surface area contributed by atoms with Crippen molar-refractivity contribution in [2.24, 2.45) is 0 Å². The van der Waals surface area contributed by atoms with Gasteiger partial charge >= 0.3 is 6.18 Å². The van der Waals surface area contributed by atoms with Gasteiger partial charge < -0.3 is 10.2 Å². The Morgan fingerprint density at radius 2 is 1.75 bits per heavy atom. The van der Waals surface area contributed by atoms with Gasteiger partial charge in [0.05, 0.1) is 16.8 Å². The standard InChI is InChI=1S/C24H28F3N3O2/c1-4-15(2)29-22(31)20-10-5-16(3)28-21(20)17-11-13-30(14-12-17)23(32)18-6-8-19(9-7-18)24(25,26)27/h5-10,15,17H,4,11-14H2,1-3H3,(H,29,31)/t15-/m0/s1. The molecule has 0 aliphatic carbocycles. The second-order valence-corrected chi connectivity index (χ2v) is 8.31. The predicted octanol–water partition coefficient (Wildman–Crippen LogP) is 4.96. The first-order chi connectivity index (χ1) is 15.1. The number of pyridine rings is 1. The van der Waals surface area contributed by atoms with Gasteiger partial charge in [0, 0.05) is 36.3 Å². The maximum Gasteiger partial charge on any atom is 0.416 e. The van der Waals surface area contributed by atoms with Crippen molar-refractivity contribution in [1.29, 1.82) is 0 Å². The van der Waals surface area contributed by atoms with E-state index < -0.39 is 11.7 Å². The number of aromatic nitrogens is 1. The highest BCUT2D eigenvalue weighted by molar-refractivity contribution is 5.96. The molecule has 1 aliphatic rings. The highest BCUT2D eigenvalue weighted by atomic mass is 19.4. The average Bonchev–Trinajstić information content (AvgIpc) is 2.78. The SMILES string of the molecule is CC[C@H](C)NC(=O)c1ccc(C)nc1C1CCN(C(=O)c2ccc(C(F)(F)F)cc2)CC1. The van der Waals surface area contributed by atoms with E-state index in [4.69, 9.17) is 0 Å². The monoisotopic (exact) mass is 447 g/mol. The van der Waals surface area contributed by atoms with Gasteiger partial charge in [-0.15, -0.1) is 0 Å². The summed E-state index contributed by atoms with van der Waals surface area (Å²) >= 11 is 0. The highest BCUT2D eigenvalue weighted by Gasteiger charge is 2.31. The second-order valence-electron chi connectivity index (χ2n) is 8.31. The Kier molecular flexibility index (Phi) is 7.21. The highest BCUT2D eigenvalue weighted by Crippen LogP contribution is 2.31. The van der Waals surface area contributed by atoms with Gasteiger partial charge in [-0.05, 0) is 69.5 Å². The van der Waals surface area contributed by atoms with Crippen molar-refractivity contribution in [2.45, 2.75) is 58.2 Å². The van der Waals surface area contributed by atoms with E-state index in [0.717, 1.165) is 29.9 Å². The number of amides is 2. The number of nitrogens with zero attached hydrogens (tertiary/aromatic N) is 2. The smallest absolute Gasteiger partial charge is 0.350 e. The van der Waals surface area contributed by atoms with Crippen molar-refractivity contribution in [1.82, 2.24) is 15.2 Å². The minimum absolute atomic E-state index is 0.0317. The molecular weight excluding hydrogens is 419 g/mol. The summed E-state index contributed by atoms with van der Waals surface area (Å²) in [5.74, 6) is -0.404. The summed E-state index contributed by atoms with van der Waals surface area (Å²) in [6.07, 6.45) is -2.34. The van der Waals surface area contributed by atoms with Crippen LogP contribution < -0.4 is 5.32 Å². The summed E-state index contributed by atoms with van der Waals surface area (Å²) in [6.45, 7) is 6.73. The fraction of sp³-hybridized carbons (Fsp3) is 0.458. The molecule has 0 bridgehead atoms. The molecule has 172 valence electrons. The maximum atomic E-state index is 12.8. The zero-order valence-electron chi connectivity index (χ0n) is 18.5. The number of hydrogen-bond acceptors (Lipinski definition) is 3. The Morgan fingerprint density at radius 3 is 2.31 bits per heavy atom. The minimum atomic E-state index is -4.43. The number of alkyl halides is 3. The topological polar surface area (TPSA) is 62.3 Å². The van der Waals surface area contributed by atoms with Gasteiger partial charge in [0.1, 0.15) is 0 Å². The van der Waals surface area contributed by atoms with Crippen LogP contribution in [-0.2, 0) is 6.18 Å². The summed E-state index contributed by atoms with van der Waals surface area (Å²) < 4.78 is 38.3.